The first kappa shape index (κ1) is 12.9. The number of aliphatic hydroxyl groups is 1. The van der Waals surface area contributed by atoms with Crippen molar-refractivity contribution in [1.29, 1.82) is 0 Å². The summed E-state index contributed by atoms with van der Waals surface area (Å²) >= 11 is 5.96. The van der Waals surface area contributed by atoms with Crippen molar-refractivity contribution in [3.05, 3.63) is 64.4 Å². The van der Waals surface area contributed by atoms with Crippen LogP contribution in [0.3, 0.4) is 0 Å². The lowest BCUT2D eigenvalue weighted by Crippen LogP contribution is -2.05. The maximum atomic E-state index is 13.1. The van der Waals surface area contributed by atoms with Crippen LogP contribution in [0.2, 0.25) is 5.02 Å². The molecule has 1 unspecified atom stereocenters. The largest absolute Gasteiger partial charge is 0.398 e. The molecule has 2 aromatic carbocycles. The Balaban J connectivity index is 2.24. The van der Waals surface area contributed by atoms with Gasteiger partial charge >= 0.3 is 0 Å². The summed E-state index contributed by atoms with van der Waals surface area (Å²) in [6.07, 6.45) is -0.573. The maximum absolute atomic E-state index is 13.1. The Morgan fingerprint density at radius 2 is 1.94 bits per heavy atom. The minimum Gasteiger partial charge on any atom is -0.398 e. The third-order valence-corrected chi connectivity index (χ3v) is 3.14. The summed E-state index contributed by atoms with van der Waals surface area (Å²) < 4.78 is 13.1. The number of rotatable bonds is 3. The van der Waals surface area contributed by atoms with Crippen LogP contribution in [0.15, 0.2) is 42.5 Å². The van der Waals surface area contributed by atoms with E-state index < -0.39 is 6.10 Å². The summed E-state index contributed by atoms with van der Waals surface area (Å²) in [4.78, 5) is 0. The van der Waals surface area contributed by atoms with Gasteiger partial charge in [0, 0.05) is 22.7 Å². The molecule has 4 heteroatoms. The number of benzene rings is 2. The van der Waals surface area contributed by atoms with Crippen LogP contribution in [0.4, 0.5) is 10.1 Å². The van der Waals surface area contributed by atoms with Crippen LogP contribution in [0.1, 0.15) is 17.2 Å². The van der Waals surface area contributed by atoms with Gasteiger partial charge in [0.2, 0.25) is 0 Å². The molecular formula is C14H13ClFNO. The van der Waals surface area contributed by atoms with Gasteiger partial charge in [-0.3, -0.25) is 0 Å². The molecule has 0 aromatic heterocycles. The molecular weight excluding hydrogens is 253 g/mol. The lowest BCUT2D eigenvalue weighted by Gasteiger charge is -2.14. The number of nitrogen functional groups attached to an aromatic ring is 1. The highest BCUT2D eigenvalue weighted by molar-refractivity contribution is 6.31. The molecule has 0 aliphatic carbocycles. The number of para-hydroxylation sites is 1. The van der Waals surface area contributed by atoms with Crippen molar-refractivity contribution < 1.29 is 9.50 Å². The second kappa shape index (κ2) is 5.38. The molecule has 0 saturated heterocycles. The van der Waals surface area contributed by atoms with E-state index in [4.69, 9.17) is 17.3 Å². The van der Waals surface area contributed by atoms with Crippen molar-refractivity contribution in [3.8, 4) is 0 Å². The Bertz CT molecular complexity index is 559. The van der Waals surface area contributed by atoms with Gasteiger partial charge in [0.05, 0.1) is 6.10 Å². The molecule has 0 saturated carbocycles. The third-order valence-electron chi connectivity index (χ3n) is 2.78. The summed E-state index contributed by atoms with van der Waals surface area (Å²) in [6.45, 7) is 0. The van der Waals surface area contributed by atoms with Crippen LogP contribution in [0, 0.1) is 5.82 Å². The summed E-state index contributed by atoms with van der Waals surface area (Å²) in [5.74, 6) is -0.373. The zero-order valence-corrected chi connectivity index (χ0v) is 10.4. The Labute approximate surface area is 110 Å². The van der Waals surface area contributed by atoms with Crippen LogP contribution >= 0.6 is 11.6 Å². The average molecular weight is 266 g/mol. The molecule has 3 N–H and O–H groups in total. The first-order chi connectivity index (χ1) is 8.58. The summed E-state index contributed by atoms with van der Waals surface area (Å²) in [7, 11) is 0. The summed E-state index contributed by atoms with van der Waals surface area (Å²) in [5.41, 5.74) is 7.47. The monoisotopic (exact) mass is 265 g/mol. The van der Waals surface area contributed by atoms with Crippen LogP contribution < -0.4 is 5.73 Å². The smallest absolute Gasteiger partial charge is 0.123 e. The van der Waals surface area contributed by atoms with Gasteiger partial charge in [0.15, 0.2) is 0 Å². The second-order valence-electron chi connectivity index (χ2n) is 4.08. The maximum Gasteiger partial charge on any atom is 0.123 e. The Morgan fingerprint density at radius 3 is 2.67 bits per heavy atom. The Morgan fingerprint density at radius 1 is 1.22 bits per heavy atom. The van der Waals surface area contributed by atoms with Gasteiger partial charge in [0.1, 0.15) is 5.82 Å². The van der Waals surface area contributed by atoms with Crippen molar-refractivity contribution in [2.75, 3.05) is 5.73 Å². The fraction of sp³-hybridized carbons (Fsp3) is 0.143. The third kappa shape index (κ3) is 2.81. The lowest BCUT2D eigenvalue weighted by atomic mass is 10.00. The predicted octanol–water partition coefficient (Wildman–Crippen LogP) is 3.34. The van der Waals surface area contributed by atoms with Crippen LogP contribution in [0.25, 0.3) is 0 Å². The van der Waals surface area contributed by atoms with Gasteiger partial charge in [-0.25, -0.2) is 4.39 Å². The number of nitrogens with two attached hydrogens (primary N) is 1. The van der Waals surface area contributed by atoms with E-state index >= 15 is 0 Å². The van der Waals surface area contributed by atoms with Gasteiger partial charge < -0.3 is 10.8 Å². The quantitative estimate of drug-likeness (QED) is 0.836. The highest BCUT2D eigenvalue weighted by Crippen LogP contribution is 2.27. The van der Waals surface area contributed by atoms with Gasteiger partial charge in [-0.2, -0.15) is 0 Å². The minimum absolute atomic E-state index is 0.227. The first-order valence-corrected chi connectivity index (χ1v) is 5.92. The van der Waals surface area contributed by atoms with E-state index in [0.29, 0.717) is 21.8 Å². The van der Waals surface area contributed by atoms with E-state index in [2.05, 4.69) is 0 Å². The molecule has 0 bridgehead atoms. The Hall–Kier alpha value is -1.58. The molecule has 0 aliphatic heterocycles. The van der Waals surface area contributed by atoms with Gasteiger partial charge in [-0.15, -0.1) is 0 Å². The number of hydrogen-bond donors (Lipinski definition) is 2. The standard InChI is InChI=1S/C14H13ClFNO/c15-12-6-5-10(16)7-9(12)8-14(18)11-3-1-2-4-13(11)17/h1-7,14,18H,8,17H2. The topological polar surface area (TPSA) is 46.2 Å². The molecule has 0 heterocycles. The molecule has 2 nitrogen and oxygen atoms in total. The van der Waals surface area contributed by atoms with Crippen molar-refractivity contribution in [2.45, 2.75) is 12.5 Å². The number of aliphatic hydroxyl groups excluding tert-OH is 1. The molecule has 0 spiro atoms. The molecule has 1 atom stereocenters. The highest BCUT2D eigenvalue weighted by Gasteiger charge is 2.13. The minimum atomic E-state index is -0.800. The number of halogens is 2. The number of hydrogen-bond acceptors (Lipinski definition) is 2. The highest BCUT2D eigenvalue weighted by atomic mass is 35.5. The SMILES string of the molecule is Nc1ccccc1C(O)Cc1cc(F)ccc1Cl. The summed E-state index contributed by atoms with van der Waals surface area (Å²) in [5, 5.41) is 10.5. The van der Waals surface area contributed by atoms with Crippen LogP contribution in [-0.4, -0.2) is 5.11 Å². The van der Waals surface area contributed by atoms with Crippen molar-refractivity contribution in [1.82, 2.24) is 0 Å². The molecule has 2 aromatic rings. The van der Waals surface area contributed by atoms with Crippen LogP contribution in [-0.2, 0) is 6.42 Å². The van der Waals surface area contributed by atoms with Crippen molar-refractivity contribution in [3.63, 3.8) is 0 Å². The lowest BCUT2D eigenvalue weighted by molar-refractivity contribution is 0.179. The van der Waals surface area contributed by atoms with E-state index in [1.54, 1.807) is 24.3 Å². The molecule has 0 radical (unpaired) electrons. The van der Waals surface area contributed by atoms with Crippen molar-refractivity contribution in [2.24, 2.45) is 0 Å². The fourth-order valence-corrected chi connectivity index (χ4v) is 2.03. The van der Waals surface area contributed by atoms with E-state index in [0.717, 1.165) is 0 Å². The van der Waals surface area contributed by atoms with E-state index in [1.807, 2.05) is 0 Å². The van der Waals surface area contributed by atoms with Gasteiger partial charge in [-0.1, -0.05) is 29.8 Å². The zero-order valence-electron chi connectivity index (χ0n) is 9.61. The molecule has 18 heavy (non-hydrogen) atoms. The second-order valence-corrected chi connectivity index (χ2v) is 4.49. The molecule has 94 valence electrons. The Kier molecular flexibility index (Phi) is 3.84. The number of anilines is 1. The summed E-state index contributed by atoms with van der Waals surface area (Å²) in [6, 6.07) is 11.1. The van der Waals surface area contributed by atoms with Gasteiger partial charge in [-0.05, 0) is 29.8 Å². The van der Waals surface area contributed by atoms with E-state index in [-0.39, 0.29) is 12.2 Å². The van der Waals surface area contributed by atoms with E-state index in [1.165, 1.54) is 18.2 Å². The zero-order chi connectivity index (χ0) is 13.1. The van der Waals surface area contributed by atoms with Crippen molar-refractivity contribution >= 4 is 17.3 Å². The molecule has 0 fully saturated rings. The molecule has 0 amide bonds. The molecule has 2 rings (SSSR count). The van der Waals surface area contributed by atoms with Gasteiger partial charge in [0.25, 0.3) is 0 Å². The van der Waals surface area contributed by atoms with Crippen LogP contribution in [0.5, 0.6) is 0 Å². The normalized spacial score (nSPS) is 12.4. The predicted molar refractivity (Wildman–Crippen MR) is 70.9 cm³/mol. The average Bonchev–Trinajstić information content (AvgIpc) is 2.34. The van der Waals surface area contributed by atoms with E-state index in [9.17, 15) is 9.50 Å². The molecule has 0 aliphatic rings. The first-order valence-electron chi connectivity index (χ1n) is 5.54. The fourth-order valence-electron chi connectivity index (χ4n) is 1.83.